The van der Waals surface area contributed by atoms with Gasteiger partial charge >= 0.3 is 6.09 Å². The fourth-order valence-corrected chi connectivity index (χ4v) is 6.78. The molecule has 0 bridgehead atoms. The molecule has 1 aliphatic heterocycles. The standard InChI is InChI=1S/C31H27N3O6S/c1-21-7-10-25(11-8-21)41(38,39)34-28-17-23(9-12-26(28)27-14-15-32(31(36)37)19-29(27)34)33-16-13-24(18-30(33)35)40-20-22-5-3-2-4-6-22/h2-13,16-18H,14-15,19-20H2,1H3,(H,36,37). The Kier molecular flexibility index (Phi) is 6.63. The number of pyridine rings is 1. The molecular formula is C31H27N3O6S. The number of amides is 1. The third-order valence-electron chi connectivity index (χ3n) is 7.34. The summed E-state index contributed by atoms with van der Waals surface area (Å²) in [5.41, 5.74) is 3.61. The van der Waals surface area contributed by atoms with Crippen molar-refractivity contribution in [3.63, 3.8) is 0 Å². The van der Waals surface area contributed by atoms with Gasteiger partial charge < -0.3 is 14.7 Å². The third kappa shape index (κ3) is 4.87. The predicted octanol–water partition coefficient (Wildman–Crippen LogP) is 4.95. The van der Waals surface area contributed by atoms with Gasteiger partial charge in [0.05, 0.1) is 28.3 Å². The number of hydrogen-bond acceptors (Lipinski definition) is 5. The highest BCUT2D eigenvalue weighted by atomic mass is 32.2. The second-order valence-corrected chi connectivity index (χ2v) is 11.8. The Hall–Kier alpha value is -4.83. The Labute approximate surface area is 236 Å². The molecule has 208 valence electrons. The highest BCUT2D eigenvalue weighted by Crippen LogP contribution is 2.35. The van der Waals surface area contributed by atoms with E-state index in [-0.39, 0.29) is 23.5 Å². The van der Waals surface area contributed by atoms with Gasteiger partial charge in [0.2, 0.25) is 0 Å². The minimum Gasteiger partial charge on any atom is -0.489 e. The molecule has 9 nitrogen and oxygen atoms in total. The van der Waals surface area contributed by atoms with Crippen LogP contribution in [0.15, 0.2) is 101 Å². The van der Waals surface area contributed by atoms with Crippen LogP contribution in [-0.2, 0) is 29.6 Å². The number of carboxylic acid groups (broad SMARTS) is 1. The van der Waals surface area contributed by atoms with Crippen molar-refractivity contribution in [2.24, 2.45) is 0 Å². The smallest absolute Gasteiger partial charge is 0.407 e. The van der Waals surface area contributed by atoms with E-state index < -0.39 is 16.1 Å². The van der Waals surface area contributed by atoms with Gasteiger partial charge in [-0.25, -0.2) is 17.2 Å². The van der Waals surface area contributed by atoms with Crippen molar-refractivity contribution in [2.45, 2.75) is 31.4 Å². The summed E-state index contributed by atoms with van der Waals surface area (Å²) >= 11 is 0. The summed E-state index contributed by atoms with van der Waals surface area (Å²) in [4.78, 5) is 26.2. The summed E-state index contributed by atoms with van der Waals surface area (Å²) in [6.07, 6.45) is 0.862. The fraction of sp³-hybridized carbons (Fsp3) is 0.161. The first-order valence-electron chi connectivity index (χ1n) is 13.1. The van der Waals surface area contributed by atoms with Crippen molar-refractivity contribution in [1.29, 1.82) is 0 Å². The van der Waals surface area contributed by atoms with Crippen LogP contribution in [-0.4, -0.2) is 39.6 Å². The van der Waals surface area contributed by atoms with Gasteiger partial charge in [-0.2, -0.15) is 0 Å². The Balaban J connectivity index is 1.45. The average Bonchev–Trinajstić information content (AvgIpc) is 3.30. The molecule has 0 fully saturated rings. The van der Waals surface area contributed by atoms with Crippen LogP contribution in [0.2, 0.25) is 0 Å². The fourth-order valence-electron chi connectivity index (χ4n) is 5.22. The lowest BCUT2D eigenvalue weighted by Gasteiger charge is -2.26. The van der Waals surface area contributed by atoms with Crippen LogP contribution in [0.4, 0.5) is 4.79 Å². The summed E-state index contributed by atoms with van der Waals surface area (Å²) in [7, 11) is -4.09. The van der Waals surface area contributed by atoms with Gasteiger partial charge in [0.1, 0.15) is 12.4 Å². The van der Waals surface area contributed by atoms with Crippen molar-refractivity contribution in [3.05, 3.63) is 124 Å². The van der Waals surface area contributed by atoms with Crippen molar-refractivity contribution in [2.75, 3.05) is 6.54 Å². The van der Waals surface area contributed by atoms with Gasteiger partial charge in [0, 0.05) is 24.2 Å². The van der Waals surface area contributed by atoms with Crippen LogP contribution in [0, 0.1) is 6.92 Å². The molecule has 6 rings (SSSR count). The summed E-state index contributed by atoms with van der Waals surface area (Å²) in [5, 5.41) is 10.4. The lowest BCUT2D eigenvalue weighted by molar-refractivity contribution is 0.139. The van der Waals surface area contributed by atoms with E-state index in [0.29, 0.717) is 41.1 Å². The zero-order valence-corrected chi connectivity index (χ0v) is 23.0. The van der Waals surface area contributed by atoms with Gasteiger partial charge in [-0.15, -0.1) is 0 Å². The molecule has 1 amide bonds. The topological polar surface area (TPSA) is 111 Å². The molecule has 1 aliphatic rings. The molecule has 0 saturated heterocycles. The van der Waals surface area contributed by atoms with Crippen LogP contribution in [0.1, 0.15) is 22.4 Å². The Morgan fingerprint density at radius 1 is 0.976 bits per heavy atom. The molecule has 0 atom stereocenters. The van der Waals surface area contributed by atoms with Crippen LogP contribution in [0.3, 0.4) is 0 Å². The lowest BCUT2D eigenvalue weighted by Crippen LogP contribution is -2.36. The molecule has 0 saturated carbocycles. The van der Waals surface area contributed by atoms with Crippen molar-refractivity contribution < 1.29 is 23.1 Å². The second kappa shape index (κ2) is 10.3. The number of benzene rings is 3. The lowest BCUT2D eigenvalue weighted by atomic mass is 10.0. The number of nitrogens with zero attached hydrogens (tertiary/aromatic N) is 3. The predicted molar refractivity (Wildman–Crippen MR) is 154 cm³/mol. The first-order chi connectivity index (χ1) is 19.7. The molecule has 0 radical (unpaired) electrons. The van der Waals surface area contributed by atoms with E-state index in [4.69, 9.17) is 4.74 Å². The number of carbonyl (C=O) groups is 1. The normalized spacial score (nSPS) is 13.2. The van der Waals surface area contributed by atoms with E-state index in [9.17, 15) is 23.1 Å². The van der Waals surface area contributed by atoms with E-state index in [1.54, 1.807) is 54.7 Å². The summed E-state index contributed by atoms with van der Waals surface area (Å²) in [6.45, 7) is 2.39. The highest BCUT2D eigenvalue weighted by Gasteiger charge is 2.32. The maximum absolute atomic E-state index is 14.0. The molecule has 3 aromatic carbocycles. The molecule has 41 heavy (non-hydrogen) atoms. The molecule has 0 spiro atoms. The van der Waals surface area contributed by atoms with E-state index in [2.05, 4.69) is 0 Å². The first-order valence-corrected chi connectivity index (χ1v) is 14.5. The largest absolute Gasteiger partial charge is 0.489 e. The zero-order valence-electron chi connectivity index (χ0n) is 22.2. The summed E-state index contributed by atoms with van der Waals surface area (Å²) in [5.74, 6) is 0.422. The number of ether oxygens (including phenoxy) is 1. The number of rotatable bonds is 6. The van der Waals surface area contributed by atoms with Crippen LogP contribution in [0.5, 0.6) is 5.75 Å². The zero-order chi connectivity index (χ0) is 28.7. The minimum absolute atomic E-state index is 0.0623. The average molecular weight is 570 g/mol. The number of aromatic nitrogens is 2. The molecule has 0 aliphatic carbocycles. The van der Waals surface area contributed by atoms with Gasteiger partial charge in [0.15, 0.2) is 0 Å². The number of aryl methyl sites for hydroxylation is 1. The summed E-state index contributed by atoms with van der Waals surface area (Å²) in [6, 6.07) is 24.5. The minimum atomic E-state index is -4.09. The molecule has 0 unspecified atom stereocenters. The number of hydrogen-bond donors (Lipinski definition) is 1. The van der Waals surface area contributed by atoms with Crippen LogP contribution < -0.4 is 10.3 Å². The van der Waals surface area contributed by atoms with Gasteiger partial charge in [-0.3, -0.25) is 9.36 Å². The maximum atomic E-state index is 14.0. The highest BCUT2D eigenvalue weighted by molar-refractivity contribution is 7.90. The van der Waals surface area contributed by atoms with Crippen LogP contribution in [0.25, 0.3) is 16.6 Å². The van der Waals surface area contributed by atoms with Crippen molar-refractivity contribution in [3.8, 4) is 11.4 Å². The number of fused-ring (bicyclic) bond motifs is 3. The second-order valence-electron chi connectivity index (χ2n) is 10.0. The molecule has 5 aromatic rings. The Morgan fingerprint density at radius 2 is 1.73 bits per heavy atom. The van der Waals surface area contributed by atoms with Gasteiger partial charge in [-0.05, 0) is 54.8 Å². The van der Waals surface area contributed by atoms with Gasteiger partial charge in [0.25, 0.3) is 15.6 Å². The van der Waals surface area contributed by atoms with Gasteiger partial charge in [-0.1, -0.05) is 54.1 Å². The van der Waals surface area contributed by atoms with E-state index >= 15 is 0 Å². The molecular weight excluding hydrogens is 542 g/mol. The Bertz CT molecular complexity index is 1940. The third-order valence-corrected chi connectivity index (χ3v) is 9.10. The maximum Gasteiger partial charge on any atom is 0.407 e. The van der Waals surface area contributed by atoms with Crippen LogP contribution >= 0.6 is 0 Å². The molecule has 3 heterocycles. The summed E-state index contributed by atoms with van der Waals surface area (Å²) < 4.78 is 36.5. The van der Waals surface area contributed by atoms with Crippen molar-refractivity contribution in [1.82, 2.24) is 13.4 Å². The first kappa shape index (κ1) is 26.4. The monoisotopic (exact) mass is 569 g/mol. The molecule has 1 N–H and O–H groups in total. The van der Waals surface area contributed by atoms with E-state index in [1.807, 2.05) is 37.3 Å². The molecule has 2 aromatic heterocycles. The SMILES string of the molecule is Cc1ccc(S(=O)(=O)n2c3c(c4ccc(-n5ccc(OCc6ccccc6)cc5=O)cc42)CCN(C(=O)O)C3)cc1. The quantitative estimate of drug-likeness (QED) is 0.310. The van der Waals surface area contributed by atoms with Crippen molar-refractivity contribution >= 4 is 27.0 Å². The van der Waals surface area contributed by atoms with E-state index in [0.717, 1.165) is 16.7 Å². The van der Waals surface area contributed by atoms with E-state index in [1.165, 1.54) is 19.5 Å². The molecule has 10 heteroatoms. The Morgan fingerprint density at radius 3 is 2.44 bits per heavy atom.